The van der Waals surface area contributed by atoms with E-state index in [1.807, 2.05) is 37.4 Å². The zero-order valence-electron chi connectivity index (χ0n) is 11.7. The van der Waals surface area contributed by atoms with Crippen molar-refractivity contribution in [3.8, 4) is 5.75 Å². The molecule has 110 valence electrons. The maximum atomic E-state index is 11.6. The minimum absolute atomic E-state index is 0.0611. The van der Waals surface area contributed by atoms with Crippen LogP contribution in [0.15, 0.2) is 39.2 Å². The van der Waals surface area contributed by atoms with Crippen LogP contribution in [0.1, 0.15) is 16.0 Å². The Hall–Kier alpha value is -1.66. The van der Waals surface area contributed by atoms with Crippen LogP contribution in [0.3, 0.4) is 0 Å². The van der Waals surface area contributed by atoms with Crippen LogP contribution >= 0.6 is 27.3 Å². The zero-order chi connectivity index (χ0) is 15.2. The second-order valence-electron chi connectivity index (χ2n) is 4.57. The Kier molecular flexibility index (Phi) is 5.52. The first-order valence-corrected chi connectivity index (χ1v) is 7.97. The third kappa shape index (κ3) is 5.32. The average Bonchev–Trinajstić information content (AvgIpc) is 2.81. The smallest absolute Gasteiger partial charge is 0.277 e. The van der Waals surface area contributed by atoms with E-state index in [9.17, 15) is 4.79 Å². The van der Waals surface area contributed by atoms with Crippen LogP contribution in [0, 0.1) is 13.8 Å². The molecule has 2 aromatic rings. The molecule has 21 heavy (non-hydrogen) atoms. The first-order chi connectivity index (χ1) is 10.0. The van der Waals surface area contributed by atoms with Crippen molar-refractivity contribution >= 4 is 39.4 Å². The van der Waals surface area contributed by atoms with E-state index in [1.54, 1.807) is 6.21 Å². The number of carbonyl (C=O) groups excluding carboxylic acids is 1. The summed E-state index contributed by atoms with van der Waals surface area (Å²) < 4.78 is 6.44. The summed E-state index contributed by atoms with van der Waals surface area (Å²) in [4.78, 5) is 12.6. The fourth-order valence-corrected chi connectivity index (χ4v) is 3.07. The van der Waals surface area contributed by atoms with Crippen LogP contribution in [0.2, 0.25) is 0 Å². The molecule has 0 atom stereocenters. The highest BCUT2D eigenvalue weighted by molar-refractivity contribution is 9.10. The van der Waals surface area contributed by atoms with Gasteiger partial charge in [-0.3, -0.25) is 4.79 Å². The van der Waals surface area contributed by atoms with Gasteiger partial charge in [0.1, 0.15) is 5.75 Å². The number of ether oxygens (including phenoxy) is 1. The van der Waals surface area contributed by atoms with E-state index in [0.29, 0.717) is 5.75 Å². The average molecular weight is 367 g/mol. The molecule has 0 aliphatic rings. The molecule has 0 aliphatic carbocycles. The van der Waals surface area contributed by atoms with Crippen molar-refractivity contribution in [2.24, 2.45) is 5.10 Å². The summed E-state index contributed by atoms with van der Waals surface area (Å²) in [5.41, 5.74) is 4.64. The summed E-state index contributed by atoms with van der Waals surface area (Å²) in [7, 11) is 0. The number of hydrazone groups is 1. The minimum Gasteiger partial charge on any atom is -0.484 e. The number of rotatable bonds is 5. The molecule has 1 N–H and O–H groups in total. The molecule has 2 rings (SSSR count). The number of hydrogen-bond acceptors (Lipinski definition) is 4. The maximum Gasteiger partial charge on any atom is 0.277 e. The van der Waals surface area contributed by atoms with Crippen molar-refractivity contribution in [3.63, 3.8) is 0 Å². The first kappa shape index (κ1) is 15.7. The van der Waals surface area contributed by atoms with E-state index in [0.717, 1.165) is 20.5 Å². The van der Waals surface area contributed by atoms with E-state index in [1.165, 1.54) is 11.3 Å². The van der Waals surface area contributed by atoms with Gasteiger partial charge in [0.05, 0.1) is 6.21 Å². The Morgan fingerprint density at radius 1 is 1.33 bits per heavy atom. The molecule has 1 amide bonds. The molecule has 4 nitrogen and oxygen atoms in total. The molecule has 1 heterocycles. The van der Waals surface area contributed by atoms with Gasteiger partial charge in [-0.05, 0) is 59.1 Å². The Morgan fingerprint density at radius 3 is 2.67 bits per heavy atom. The standard InChI is InChI=1S/C15H15BrN2O2S/c1-10-3-11(2)5-13(4-10)20-8-15(19)18-17-7-14-6-12(16)9-21-14/h3-7,9H,8H2,1-2H3,(H,18,19)/b17-7-. The molecule has 0 saturated heterocycles. The molecule has 1 aromatic heterocycles. The SMILES string of the molecule is Cc1cc(C)cc(OCC(=O)N/N=C\c2cc(Br)cs2)c1. The Labute approximate surface area is 136 Å². The Morgan fingerprint density at radius 2 is 2.05 bits per heavy atom. The lowest BCUT2D eigenvalue weighted by Crippen LogP contribution is -2.24. The van der Waals surface area contributed by atoms with Crippen molar-refractivity contribution in [1.29, 1.82) is 0 Å². The molecule has 0 fully saturated rings. The Bertz CT molecular complexity index is 647. The van der Waals surface area contributed by atoms with Crippen molar-refractivity contribution < 1.29 is 9.53 Å². The van der Waals surface area contributed by atoms with Gasteiger partial charge in [0.2, 0.25) is 0 Å². The maximum absolute atomic E-state index is 11.6. The highest BCUT2D eigenvalue weighted by Crippen LogP contribution is 2.18. The number of benzene rings is 1. The number of nitrogens with one attached hydrogen (secondary N) is 1. The highest BCUT2D eigenvalue weighted by Gasteiger charge is 2.02. The van der Waals surface area contributed by atoms with Gasteiger partial charge in [0, 0.05) is 14.7 Å². The van der Waals surface area contributed by atoms with Crippen molar-refractivity contribution in [2.45, 2.75) is 13.8 Å². The Balaban J connectivity index is 1.80. The quantitative estimate of drug-likeness (QED) is 0.648. The molecule has 0 aliphatic heterocycles. The van der Waals surface area contributed by atoms with Crippen LogP contribution in [0.5, 0.6) is 5.75 Å². The number of aryl methyl sites for hydroxylation is 2. The molecule has 6 heteroatoms. The lowest BCUT2D eigenvalue weighted by Gasteiger charge is -2.07. The lowest BCUT2D eigenvalue weighted by atomic mass is 10.1. The van der Waals surface area contributed by atoms with Gasteiger partial charge in [0.15, 0.2) is 6.61 Å². The predicted octanol–water partition coefficient (Wildman–Crippen LogP) is 3.66. The molecular weight excluding hydrogens is 352 g/mol. The second-order valence-corrected chi connectivity index (χ2v) is 6.43. The molecule has 1 aromatic carbocycles. The van der Waals surface area contributed by atoms with Crippen molar-refractivity contribution in [2.75, 3.05) is 6.61 Å². The lowest BCUT2D eigenvalue weighted by molar-refractivity contribution is -0.123. The number of amides is 1. The summed E-state index contributed by atoms with van der Waals surface area (Å²) >= 11 is 4.89. The van der Waals surface area contributed by atoms with Gasteiger partial charge < -0.3 is 4.74 Å². The van der Waals surface area contributed by atoms with E-state index in [-0.39, 0.29) is 12.5 Å². The fraction of sp³-hybridized carbons (Fsp3) is 0.200. The number of halogens is 1. The summed E-state index contributed by atoms with van der Waals surface area (Å²) in [6.45, 7) is 3.92. The summed E-state index contributed by atoms with van der Waals surface area (Å²) in [5, 5.41) is 5.84. The van der Waals surface area contributed by atoms with Gasteiger partial charge in [-0.15, -0.1) is 11.3 Å². The number of thiophene rings is 1. The number of hydrogen-bond donors (Lipinski definition) is 1. The van der Waals surface area contributed by atoms with E-state index < -0.39 is 0 Å². The van der Waals surface area contributed by atoms with Gasteiger partial charge in [-0.2, -0.15) is 5.10 Å². The van der Waals surface area contributed by atoms with Crippen LogP contribution in [-0.4, -0.2) is 18.7 Å². The largest absolute Gasteiger partial charge is 0.484 e. The first-order valence-electron chi connectivity index (χ1n) is 6.30. The molecule has 0 saturated carbocycles. The molecule has 0 unspecified atom stereocenters. The highest BCUT2D eigenvalue weighted by atomic mass is 79.9. The van der Waals surface area contributed by atoms with E-state index in [2.05, 4.69) is 32.5 Å². The van der Waals surface area contributed by atoms with Crippen LogP contribution in [-0.2, 0) is 4.79 Å². The number of nitrogens with zero attached hydrogens (tertiary/aromatic N) is 1. The topological polar surface area (TPSA) is 50.7 Å². The van der Waals surface area contributed by atoms with Gasteiger partial charge in [0.25, 0.3) is 5.91 Å². The van der Waals surface area contributed by atoms with Crippen LogP contribution in [0.25, 0.3) is 0 Å². The monoisotopic (exact) mass is 366 g/mol. The van der Waals surface area contributed by atoms with E-state index >= 15 is 0 Å². The predicted molar refractivity (Wildman–Crippen MR) is 89.2 cm³/mol. The summed E-state index contributed by atoms with van der Waals surface area (Å²) in [5.74, 6) is 0.398. The van der Waals surface area contributed by atoms with Crippen LogP contribution in [0.4, 0.5) is 0 Å². The van der Waals surface area contributed by atoms with Gasteiger partial charge >= 0.3 is 0 Å². The third-order valence-electron chi connectivity index (χ3n) is 2.53. The minimum atomic E-state index is -0.291. The van der Waals surface area contributed by atoms with Crippen LogP contribution < -0.4 is 10.2 Å². The summed E-state index contributed by atoms with van der Waals surface area (Å²) in [6.07, 6.45) is 1.60. The van der Waals surface area contributed by atoms with Gasteiger partial charge in [-0.1, -0.05) is 6.07 Å². The fourth-order valence-electron chi connectivity index (χ4n) is 1.76. The van der Waals surface area contributed by atoms with Crippen molar-refractivity contribution in [3.05, 3.63) is 50.1 Å². The molecular formula is C15H15BrN2O2S. The molecule has 0 bridgehead atoms. The van der Waals surface area contributed by atoms with E-state index in [4.69, 9.17) is 4.74 Å². The second kappa shape index (κ2) is 7.38. The molecule has 0 radical (unpaired) electrons. The van der Waals surface area contributed by atoms with Crippen molar-refractivity contribution in [1.82, 2.24) is 5.43 Å². The zero-order valence-corrected chi connectivity index (χ0v) is 14.1. The molecule has 0 spiro atoms. The van der Waals surface area contributed by atoms with Gasteiger partial charge in [-0.25, -0.2) is 5.43 Å². The normalized spacial score (nSPS) is 10.8. The number of carbonyl (C=O) groups is 1. The summed E-state index contributed by atoms with van der Waals surface area (Å²) in [6, 6.07) is 7.77. The third-order valence-corrected chi connectivity index (χ3v) is 4.16.